The average molecular weight is 187 g/mol. The van der Waals surface area contributed by atoms with E-state index in [0.29, 0.717) is 0 Å². The summed E-state index contributed by atoms with van der Waals surface area (Å²) in [6.07, 6.45) is 5.80. The smallest absolute Gasteiger partial charge is 0.0176 e. The van der Waals surface area contributed by atoms with E-state index >= 15 is 0 Å². The molecule has 0 radical (unpaired) electrons. The van der Waals surface area contributed by atoms with E-state index in [1.54, 1.807) is 0 Å². The van der Waals surface area contributed by atoms with Gasteiger partial charge in [0.1, 0.15) is 0 Å². The summed E-state index contributed by atoms with van der Waals surface area (Å²) in [5, 5.41) is -0.0981. The predicted octanol–water partition coefficient (Wildman–Crippen LogP) is 3.06. The zero-order chi connectivity index (χ0) is 9.61. The summed E-state index contributed by atoms with van der Waals surface area (Å²) in [7, 11) is 0. The maximum absolute atomic E-state index is 10.9. The van der Waals surface area contributed by atoms with Gasteiger partial charge in [-0.25, -0.2) is 0 Å². The molecule has 0 saturated carbocycles. The van der Waals surface area contributed by atoms with Gasteiger partial charge in [-0.15, -0.1) is 0 Å². The molecule has 0 aliphatic carbocycles. The largest absolute Gasteiger partial charge is 0.741 e. The lowest BCUT2D eigenvalue weighted by Crippen LogP contribution is -2.21. The molecule has 2 heteroatoms. The highest BCUT2D eigenvalue weighted by Gasteiger charge is 2.17. The van der Waals surface area contributed by atoms with E-state index in [1.165, 1.54) is 19.3 Å². The molecule has 0 atom stereocenters. The zero-order valence-electron chi connectivity index (χ0n) is 8.35. The molecule has 0 spiro atoms. The van der Waals surface area contributed by atoms with Crippen LogP contribution in [0.2, 0.25) is 0 Å². The number of carbonyl (C=O) groups is 1. The Morgan fingerprint density at radius 3 is 2.25 bits per heavy atom. The zero-order valence-corrected chi connectivity index (χ0v) is 9.17. The molecule has 0 N–H and O–H groups in total. The summed E-state index contributed by atoms with van der Waals surface area (Å²) in [5.41, 5.74) is -0.275. The monoisotopic (exact) mass is 187 g/mol. The van der Waals surface area contributed by atoms with E-state index in [9.17, 15) is 4.79 Å². The van der Waals surface area contributed by atoms with Gasteiger partial charge in [-0.1, -0.05) is 46.5 Å². The molecule has 12 heavy (non-hydrogen) atoms. The summed E-state index contributed by atoms with van der Waals surface area (Å²) in [6, 6.07) is 0. The maximum Gasteiger partial charge on any atom is 0.0176 e. The van der Waals surface area contributed by atoms with Gasteiger partial charge in [0.25, 0.3) is 0 Å². The van der Waals surface area contributed by atoms with Gasteiger partial charge in [0, 0.05) is 10.5 Å². The molecular weight excluding hydrogens is 168 g/mol. The van der Waals surface area contributed by atoms with Crippen molar-refractivity contribution in [2.75, 3.05) is 0 Å². The Kier molecular flexibility index (Phi) is 5.47. The molecule has 0 bridgehead atoms. The van der Waals surface area contributed by atoms with Crippen molar-refractivity contribution in [3.63, 3.8) is 0 Å². The van der Waals surface area contributed by atoms with Gasteiger partial charge >= 0.3 is 0 Å². The second-order valence-corrected chi connectivity index (χ2v) is 4.35. The molecule has 0 saturated heterocycles. The number of hydrogen-bond donors (Lipinski definition) is 0. The Hall–Kier alpha value is -0.110. The molecular formula is C10H19OS-. The average Bonchev–Trinajstić information content (AvgIpc) is 1.98. The second-order valence-electron chi connectivity index (χ2n) is 3.98. The number of rotatable bonds is 6. The third-order valence-corrected chi connectivity index (χ3v) is 2.76. The predicted molar refractivity (Wildman–Crippen MR) is 54.9 cm³/mol. The summed E-state index contributed by atoms with van der Waals surface area (Å²) in [4.78, 5) is 10.9. The molecule has 0 aliphatic heterocycles. The van der Waals surface area contributed by atoms with Crippen LogP contribution in [0.25, 0.3) is 0 Å². The highest BCUT2D eigenvalue weighted by atomic mass is 32.1. The van der Waals surface area contributed by atoms with Gasteiger partial charge < -0.3 is 17.4 Å². The minimum atomic E-state index is -0.275. The van der Waals surface area contributed by atoms with Gasteiger partial charge in [0.2, 0.25) is 0 Å². The summed E-state index contributed by atoms with van der Waals surface area (Å²) in [6.45, 7) is 6.06. The van der Waals surface area contributed by atoms with Crippen molar-refractivity contribution in [2.45, 2.75) is 52.9 Å². The van der Waals surface area contributed by atoms with Crippen molar-refractivity contribution in [3.8, 4) is 0 Å². The Morgan fingerprint density at radius 1 is 1.25 bits per heavy atom. The van der Waals surface area contributed by atoms with Crippen LogP contribution >= 0.6 is 0 Å². The Balaban J connectivity index is 3.54. The molecule has 0 fully saturated rings. The number of hydrogen-bond acceptors (Lipinski definition) is 2. The highest BCUT2D eigenvalue weighted by molar-refractivity contribution is 7.77. The van der Waals surface area contributed by atoms with Gasteiger partial charge in [0.15, 0.2) is 0 Å². The quantitative estimate of drug-likeness (QED) is 0.469. The SMILES string of the molecule is CCCCCCC(C)(C)C(=O)[S-]. The van der Waals surface area contributed by atoms with Gasteiger partial charge in [0.05, 0.1) is 0 Å². The van der Waals surface area contributed by atoms with Crippen LogP contribution in [0.5, 0.6) is 0 Å². The molecule has 0 rings (SSSR count). The van der Waals surface area contributed by atoms with Gasteiger partial charge in [-0.3, -0.25) is 0 Å². The van der Waals surface area contributed by atoms with Crippen LogP contribution in [0.4, 0.5) is 0 Å². The van der Waals surface area contributed by atoms with Crippen LogP contribution in [-0.4, -0.2) is 5.12 Å². The maximum atomic E-state index is 10.9. The fraction of sp³-hybridized carbons (Fsp3) is 0.900. The summed E-state index contributed by atoms with van der Waals surface area (Å²) in [5.74, 6) is 0. The first-order chi connectivity index (χ1) is 5.50. The van der Waals surface area contributed by atoms with Crippen LogP contribution in [0.3, 0.4) is 0 Å². The number of unbranched alkanes of at least 4 members (excludes halogenated alkanes) is 3. The van der Waals surface area contributed by atoms with Crippen molar-refractivity contribution < 1.29 is 4.79 Å². The first-order valence-electron chi connectivity index (χ1n) is 4.72. The topological polar surface area (TPSA) is 17.1 Å². The summed E-state index contributed by atoms with van der Waals surface area (Å²) < 4.78 is 0. The fourth-order valence-electron chi connectivity index (χ4n) is 1.10. The van der Waals surface area contributed by atoms with Crippen LogP contribution in [0.1, 0.15) is 52.9 Å². The Labute approximate surface area is 81.3 Å². The van der Waals surface area contributed by atoms with Crippen molar-refractivity contribution >= 4 is 17.7 Å². The highest BCUT2D eigenvalue weighted by Crippen LogP contribution is 2.24. The minimum Gasteiger partial charge on any atom is -0.741 e. The Morgan fingerprint density at radius 2 is 1.83 bits per heavy atom. The van der Waals surface area contributed by atoms with E-state index in [0.717, 1.165) is 12.8 Å². The van der Waals surface area contributed by atoms with Crippen LogP contribution in [-0.2, 0) is 17.4 Å². The fourth-order valence-corrected chi connectivity index (χ4v) is 1.20. The molecule has 0 heterocycles. The normalized spacial score (nSPS) is 11.6. The molecule has 0 aromatic carbocycles. The minimum absolute atomic E-state index is 0.0981. The molecule has 0 unspecified atom stereocenters. The molecule has 72 valence electrons. The first-order valence-corrected chi connectivity index (χ1v) is 5.13. The lowest BCUT2D eigenvalue weighted by molar-refractivity contribution is -0.118. The van der Waals surface area contributed by atoms with E-state index in [2.05, 4.69) is 19.6 Å². The van der Waals surface area contributed by atoms with E-state index in [-0.39, 0.29) is 10.5 Å². The van der Waals surface area contributed by atoms with Crippen LogP contribution in [0.15, 0.2) is 0 Å². The second kappa shape index (κ2) is 5.52. The van der Waals surface area contributed by atoms with Crippen LogP contribution in [0, 0.1) is 5.41 Å². The van der Waals surface area contributed by atoms with E-state index in [1.807, 2.05) is 13.8 Å². The standard InChI is InChI=1S/C10H20OS/c1-4-5-6-7-8-10(2,3)9(11)12/h4-8H2,1-3H3,(H,11,12)/p-1. The van der Waals surface area contributed by atoms with Gasteiger partial charge in [-0.05, 0) is 6.42 Å². The summed E-state index contributed by atoms with van der Waals surface area (Å²) >= 11 is 4.65. The first kappa shape index (κ1) is 11.9. The van der Waals surface area contributed by atoms with E-state index in [4.69, 9.17) is 0 Å². The van der Waals surface area contributed by atoms with Crippen LogP contribution < -0.4 is 0 Å². The molecule has 0 amide bonds. The van der Waals surface area contributed by atoms with Crippen molar-refractivity contribution in [1.82, 2.24) is 0 Å². The van der Waals surface area contributed by atoms with Crippen molar-refractivity contribution in [2.24, 2.45) is 5.41 Å². The molecule has 0 aromatic heterocycles. The van der Waals surface area contributed by atoms with Crippen molar-refractivity contribution in [1.29, 1.82) is 0 Å². The molecule has 0 aliphatic rings. The lowest BCUT2D eigenvalue weighted by Gasteiger charge is -2.26. The van der Waals surface area contributed by atoms with Crippen molar-refractivity contribution in [3.05, 3.63) is 0 Å². The molecule has 1 nitrogen and oxygen atoms in total. The number of carbonyl (C=O) groups excluding carboxylic acids is 1. The van der Waals surface area contributed by atoms with Gasteiger partial charge in [-0.2, -0.15) is 0 Å². The Bertz CT molecular complexity index is 141. The van der Waals surface area contributed by atoms with E-state index < -0.39 is 0 Å². The third-order valence-electron chi connectivity index (χ3n) is 2.21. The lowest BCUT2D eigenvalue weighted by atomic mass is 9.88. The molecule has 0 aromatic rings. The third kappa shape index (κ3) is 4.70.